The maximum absolute atomic E-state index is 10.6. The van der Waals surface area contributed by atoms with Gasteiger partial charge in [-0.15, -0.1) is 0 Å². The van der Waals surface area contributed by atoms with Crippen molar-refractivity contribution in [2.75, 3.05) is 5.75 Å². The predicted molar refractivity (Wildman–Crippen MR) is 59.3 cm³/mol. The van der Waals surface area contributed by atoms with Crippen LogP contribution in [0.5, 0.6) is 0 Å². The van der Waals surface area contributed by atoms with Crippen LogP contribution >= 0.6 is 12.6 Å². The smallest absolute Gasteiger partial charge is 0.150 e. The average molecular weight is 192 g/mol. The van der Waals surface area contributed by atoms with Gasteiger partial charge in [0.15, 0.2) is 6.29 Å². The normalized spacial score (nSPS) is 10.5. The molecule has 0 heterocycles. The highest BCUT2D eigenvalue weighted by atomic mass is 32.1. The lowest BCUT2D eigenvalue weighted by atomic mass is 10.1. The van der Waals surface area contributed by atoms with Crippen molar-refractivity contribution in [2.24, 2.45) is 0 Å². The van der Waals surface area contributed by atoms with Gasteiger partial charge in [0.05, 0.1) is 0 Å². The minimum absolute atomic E-state index is 0.734. The van der Waals surface area contributed by atoms with E-state index in [-0.39, 0.29) is 0 Å². The lowest BCUT2D eigenvalue weighted by molar-refractivity contribution is 0.112. The quantitative estimate of drug-likeness (QED) is 0.573. The molecular formula is C11H12OS. The molecule has 0 aliphatic rings. The Labute approximate surface area is 83.9 Å². The first-order valence-corrected chi connectivity index (χ1v) is 4.83. The third kappa shape index (κ3) is 3.07. The van der Waals surface area contributed by atoms with Crippen molar-refractivity contribution >= 4 is 25.0 Å². The van der Waals surface area contributed by atoms with Crippen LogP contribution in [0.4, 0.5) is 0 Å². The van der Waals surface area contributed by atoms with Gasteiger partial charge in [0.2, 0.25) is 0 Å². The van der Waals surface area contributed by atoms with Crippen molar-refractivity contribution in [1.29, 1.82) is 0 Å². The molecule has 0 atom stereocenters. The van der Waals surface area contributed by atoms with Gasteiger partial charge in [0.1, 0.15) is 0 Å². The van der Waals surface area contributed by atoms with Gasteiger partial charge in [0, 0.05) is 5.56 Å². The van der Waals surface area contributed by atoms with E-state index in [1.54, 1.807) is 0 Å². The number of carbonyl (C=O) groups excluding carboxylic acids is 1. The van der Waals surface area contributed by atoms with E-state index < -0.39 is 0 Å². The number of allylic oxidation sites excluding steroid dienone is 1. The van der Waals surface area contributed by atoms with Gasteiger partial charge in [-0.2, -0.15) is 12.6 Å². The Morgan fingerprint density at radius 1 is 1.23 bits per heavy atom. The molecule has 0 aliphatic carbocycles. The molecule has 13 heavy (non-hydrogen) atoms. The number of hydrogen-bond acceptors (Lipinski definition) is 2. The fourth-order valence-electron chi connectivity index (χ4n) is 1.05. The fourth-order valence-corrected chi connectivity index (χ4v) is 1.20. The Morgan fingerprint density at radius 2 is 1.92 bits per heavy atom. The minimum Gasteiger partial charge on any atom is -0.298 e. The predicted octanol–water partition coefficient (Wildman–Crippen LogP) is 2.83. The van der Waals surface area contributed by atoms with E-state index in [1.807, 2.05) is 36.4 Å². The maximum Gasteiger partial charge on any atom is 0.150 e. The third-order valence-corrected chi connectivity index (χ3v) is 1.97. The molecule has 0 aromatic heterocycles. The molecule has 1 aromatic rings. The van der Waals surface area contributed by atoms with E-state index in [0.717, 1.165) is 29.6 Å². The van der Waals surface area contributed by atoms with Crippen molar-refractivity contribution in [2.45, 2.75) is 6.42 Å². The molecule has 0 radical (unpaired) electrons. The van der Waals surface area contributed by atoms with Gasteiger partial charge in [-0.25, -0.2) is 0 Å². The van der Waals surface area contributed by atoms with Crippen LogP contribution in [-0.4, -0.2) is 12.0 Å². The summed E-state index contributed by atoms with van der Waals surface area (Å²) in [5, 5.41) is 0. The van der Waals surface area contributed by atoms with Crippen molar-refractivity contribution in [3.63, 3.8) is 0 Å². The maximum atomic E-state index is 10.6. The van der Waals surface area contributed by atoms with Gasteiger partial charge < -0.3 is 0 Å². The molecule has 0 saturated heterocycles. The largest absolute Gasteiger partial charge is 0.298 e. The molecule has 68 valence electrons. The lowest BCUT2D eigenvalue weighted by Gasteiger charge is -1.96. The SMILES string of the molecule is O=Cc1ccccc1C=CCCS. The molecule has 2 heteroatoms. The van der Waals surface area contributed by atoms with Gasteiger partial charge in [-0.05, 0) is 17.7 Å². The van der Waals surface area contributed by atoms with E-state index >= 15 is 0 Å². The van der Waals surface area contributed by atoms with Gasteiger partial charge in [-0.1, -0.05) is 36.4 Å². The molecule has 0 aliphatic heterocycles. The molecule has 0 amide bonds. The monoisotopic (exact) mass is 192 g/mol. The summed E-state index contributed by atoms with van der Waals surface area (Å²) in [6.45, 7) is 0. The van der Waals surface area contributed by atoms with Crippen LogP contribution < -0.4 is 0 Å². The van der Waals surface area contributed by atoms with Crippen molar-refractivity contribution in [1.82, 2.24) is 0 Å². The van der Waals surface area contributed by atoms with E-state index in [2.05, 4.69) is 12.6 Å². The Hall–Kier alpha value is -1.02. The first kappa shape index (κ1) is 10.1. The van der Waals surface area contributed by atoms with Gasteiger partial charge in [-0.3, -0.25) is 4.79 Å². The lowest BCUT2D eigenvalue weighted by Crippen LogP contribution is -1.84. The third-order valence-electron chi connectivity index (χ3n) is 1.72. The Balaban J connectivity index is 2.80. The highest BCUT2D eigenvalue weighted by Crippen LogP contribution is 2.08. The Kier molecular flexibility index (Phi) is 4.33. The van der Waals surface area contributed by atoms with Crippen LogP contribution in [0.1, 0.15) is 22.3 Å². The number of aldehydes is 1. The van der Waals surface area contributed by atoms with E-state index in [1.165, 1.54) is 0 Å². The number of carbonyl (C=O) groups is 1. The van der Waals surface area contributed by atoms with Crippen LogP contribution in [0, 0.1) is 0 Å². The summed E-state index contributed by atoms with van der Waals surface area (Å²) in [5.74, 6) is 0.833. The number of rotatable bonds is 4. The summed E-state index contributed by atoms with van der Waals surface area (Å²) in [4.78, 5) is 10.6. The number of hydrogen-bond donors (Lipinski definition) is 1. The zero-order chi connectivity index (χ0) is 9.52. The van der Waals surface area contributed by atoms with Crippen molar-refractivity contribution in [3.05, 3.63) is 41.5 Å². The van der Waals surface area contributed by atoms with Gasteiger partial charge >= 0.3 is 0 Å². The Bertz CT molecular complexity index is 305. The summed E-state index contributed by atoms with van der Waals surface area (Å²) < 4.78 is 0. The molecule has 0 unspecified atom stereocenters. The molecule has 0 saturated carbocycles. The molecule has 1 aromatic carbocycles. The zero-order valence-corrected chi connectivity index (χ0v) is 8.21. The second-order valence-corrected chi connectivity index (χ2v) is 3.11. The first-order chi connectivity index (χ1) is 6.38. The van der Waals surface area contributed by atoms with Crippen molar-refractivity contribution in [3.8, 4) is 0 Å². The summed E-state index contributed by atoms with van der Waals surface area (Å²) in [6.07, 6.45) is 5.78. The van der Waals surface area contributed by atoms with E-state index in [0.29, 0.717) is 0 Å². The second-order valence-electron chi connectivity index (χ2n) is 2.66. The molecule has 0 bridgehead atoms. The standard InChI is InChI=1S/C11H12OS/c12-9-11-7-2-1-5-10(11)6-3-4-8-13/h1-3,5-7,9,13H,4,8H2. The number of thiol groups is 1. The van der Waals surface area contributed by atoms with E-state index in [9.17, 15) is 4.79 Å². The van der Waals surface area contributed by atoms with Crippen LogP contribution in [-0.2, 0) is 0 Å². The topological polar surface area (TPSA) is 17.1 Å². The van der Waals surface area contributed by atoms with Crippen molar-refractivity contribution < 1.29 is 4.79 Å². The zero-order valence-electron chi connectivity index (χ0n) is 7.31. The highest BCUT2D eigenvalue weighted by molar-refractivity contribution is 7.80. The summed E-state index contributed by atoms with van der Waals surface area (Å²) in [7, 11) is 0. The highest BCUT2D eigenvalue weighted by Gasteiger charge is 1.94. The minimum atomic E-state index is 0.734. The van der Waals surface area contributed by atoms with Crippen LogP contribution in [0.15, 0.2) is 30.3 Å². The molecule has 1 nitrogen and oxygen atoms in total. The summed E-state index contributed by atoms with van der Waals surface area (Å²) >= 11 is 4.10. The van der Waals surface area contributed by atoms with Gasteiger partial charge in [0.25, 0.3) is 0 Å². The average Bonchev–Trinajstić information content (AvgIpc) is 2.19. The first-order valence-electron chi connectivity index (χ1n) is 4.20. The molecule has 1 rings (SSSR count). The van der Waals surface area contributed by atoms with Crippen LogP contribution in [0.2, 0.25) is 0 Å². The molecule has 0 spiro atoms. The molecular weight excluding hydrogens is 180 g/mol. The summed E-state index contributed by atoms with van der Waals surface area (Å²) in [6, 6.07) is 7.53. The van der Waals surface area contributed by atoms with E-state index in [4.69, 9.17) is 0 Å². The van der Waals surface area contributed by atoms with Crippen LogP contribution in [0.3, 0.4) is 0 Å². The fraction of sp³-hybridized carbons (Fsp3) is 0.182. The second kappa shape index (κ2) is 5.60. The van der Waals surface area contributed by atoms with Crippen LogP contribution in [0.25, 0.3) is 6.08 Å². The Morgan fingerprint density at radius 3 is 2.54 bits per heavy atom. The molecule has 0 N–H and O–H groups in total. The summed E-state index contributed by atoms with van der Waals surface area (Å²) in [5.41, 5.74) is 1.71. The number of benzene rings is 1. The molecule has 0 fully saturated rings.